The van der Waals surface area contributed by atoms with Gasteiger partial charge >= 0.3 is 175 Å². The number of anilines is 2. The number of aromatic nitrogens is 4. The predicted molar refractivity (Wildman–Crippen MR) is 115 cm³/mol. The summed E-state index contributed by atoms with van der Waals surface area (Å²) < 4.78 is 3.64. The minimum absolute atomic E-state index is 0.544. The normalized spacial score (nSPS) is 11.7. The van der Waals surface area contributed by atoms with Crippen molar-refractivity contribution in [1.29, 1.82) is 0 Å². The molecule has 148 valence electrons. The van der Waals surface area contributed by atoms with Crippen molar-refractivity contribution in [3.8, 4) is 0 Å². The number of rotatable bonds is 13. The van der Waals surface area contributed by atoms with Crippen LogP contribution >= 0.6 is 0 Å². The van der Waals surface area contributed by atoms with Crippen molar-refractivity contribution in [1.82, 2.24) is 19.7 Å². The zero-order valence-corrected chi connectivity index (χ0v) is 20.3. The molecule has 0 bridgehead atoms. The Bertz CT molecular complexity index is 648. The molecule has 1 N–H and O–H groups in total. The van der Waals surface area contributed by atoms with E-state index in [9.17, 15) is 0 Å². The van der Waals surface area contributed by atoms with Gasteiger partial charge in [-0.05, 0) is 0 Å². The summed E-state index contributed by atoms with van der Waals surface area (Å²) in [6.07, 6.45) is 15.9. The Balaban J connectivity index is 2.17. The fourth-order valence-corrected chi connectivity index (χ4v) is 8.51. The van der Waals surface area contributed by atoms with Crippen LogP contribution in [0, 0.1) is 0 Å². The topological polar surface area (TPSA) is 55.6 Å². The van der Waals surface area contributed by atoms with Crippen molar-refractivity contribution in [2.24, 2.45) is 7.05 Å². The van der Waals surface area contributed by atoms with Crippen LogP contribution in [-0.2, 0) is 7.05 Å². The molecule has 0 fully saturated rings. The van der Waals surface area contributed by atoms with Gasteiger partial charge in [-0.1, -0.05) is 0 Å². The Kier molecular flexibility index (Phi) is 9.59. The molecule has 0 aliphatic rings. The first kappa shape index (κ1) is 22.2. The minimum atomic E-state index is -0.831. The van der Waals surface area contributed by atoms with Gasteiger partial charge in [-0.15, -0.1) is 0 Å². The molecule has 0 unspecified atom stereocenters. The van der Waals surface area contributed by atoms with Gasteiger partial charge in [0, 0.05) is 0 Å². The second kappa shape index (κ2) is 11.7. The first-order valence-corrected chi connectivity index (χ1v) is 13.3. The summed E-state index contributed by atoms with van der Waals surface area (Å²) in [6, 6.07) is 4.11. The maximum atomic E-state index is 4.89. The van der Waals surface area contributed by atoms with Crippen LogP contribution in [0.2, 0.25) is 3.43 Å². The summed E-state index contributed by atoms with van der Waals surface area (Å²) in [5, 5.41) is 7.62. The van der Waals surface area contributed by atoms with Gasteiger partial charge < -0.3 is 0 Å². The standard InChI is InChI=1S/C13H27.C8H8N5.Sn/c1-4-7-10-13(11-8-5-2)12-9-6-3;1-13-6-3-7(12-13)11-8-9-4-2-5-10-8;/h4-12H2,1-3H3;2-4,6H,1H3,(H,9,10,11,12);. The molecule has 0 saturated heterocycles. The molecular formula is C21H35N5Sn. The quantitative estimate of drug-likeness (QED) is 0.413. The van der Waals surface area contributed by atoms with E-state index in [-0.39, 0.29) is 0 Å². The molecule has 6 heteroatoms. The third-order valence-corrected chi connectivity index (χ3v) is 10.2. The Labute approximate surface area is 175 Å². The summed E-state index contributed by atoms with van der Waals surface area (Å²) in [4.78, 5) is 9.31. The average molecular weight is 476 g/mol. The molecule has 0 aliphatic carbocycles. The van der Waals surface area contributed by atoms with Crippen molar-refractivity contribution in [3.05, 3.63) is 24.5 Å². The van der Waals surface area contributed by atoms with E-state index in [4.69, 9.17) is 4.98 Å². The summed E-state index contributed by atoms with van der Waals surface area (Å²) >= 11 is -0.831. The van der Waals surface area contributed by atoms with Crippen LogP contribution in [0.5, 0.6) is 0 Å². The Morgan fingerprint density at radius 1 is 1.00 bits per heavy atom. The van der Waals surface area contributed by atoms with E-state index in [0.29, 0.717) is 9.38 Å². The molecule has 2 heterocycles. The molecule has 0 aliphatic heterocycles. The van der Waals surface area contributed by atoms with E-state index in [0.717, 1.165) is 5.82 Å². The zero-order valence-electron chi connectivity index (χ0n) is 17.5. The zero-order chi connectivity index (χ0) is 19.5. The number of nitrogens with one attached hydrogen (secondary N) is 1. The Morgan fingerprint density at radius 2 is 1.63 bits per heavy atom. The Hall–Kier alpha value is -1.11. The summed E-state index contributed by atoms with van der Waals surface area (Å²) in [6.45, 7) is 6.94. The first-order valence-electron chi connectivity index (χ1n) is 10.5. The van der Waals surface area contributed by atoms with Gasteiger partial charge in [0.15, 0.2) is 0 Å². The molecule has 2 radical (unpaired) electrons. The van der Waals surface area contributed by atoms with Crippen molar-refractivity contribution in [2.45, 2.75) is 82.0 Å². The summed E-state index contributed by atoms with van der Waals surface area (Å²) in [5.74, 6) is 1.48. The van der Waals surface area contributed by atoms with Gasteiger partial charge in [-0.2, -0.15) is 0 Å². The van der Waals surface area contributed by atoms with Crippen molar-refractivity contribution in [3.63, 3.8) is 0 Å². The Morgan fingerprint density at radius 3 is 2.15 bits per heavy atom. The molecule has 0 saturated carbocycles. The van der Waals surface area contributed by atoms with E-state index < -0.39 is 21.1 Å². The fraction of sp³-hybridized carbons (Fsp3) is 0.667. The number of unbranched alkanes of at least 4 members (excludes halogenated alkanes) is 3. The second-order valence-corrected chi connectivity index (χ2v) is 12.7. The summed E-state index contributed by atoms with van der Waals surface area (Å²) in [5.41, 5.74) is 0. The molecule has 0 amide bonds. The van der Waals surface area contributed by atoms with Crippen LogP contribution in [-0.4, -0.2) is 40.9 Å². The van der Waals surface area contributed by atoms with Crippen LogP contribution in [0.15, 0.2) is 24.5 Å². The van der Waals surface area contributed by atoms with Gasteiger partial charge in [-0.25, -0.2) is 0 Å². The van der Waals surface area contributed by atoms with Gasteiger partial charge in [0.25, 0.3) is 0 Å². The molecule has 0 spiro atoms. The monoisotopic (exact) mass is 477 g/mol. The van der Waals surface area contributed by atoms with Crippen molar-refractivity contribution in [2.75, 3.05) is 5.32 Å². The van der Waals surface area contributed by atoms with Crippen LogP contribution in [0.4, 0.5) is 11.8 Å². The number of nitrogens with zero attached hydrogens (tertiary/aromatic N) is 4. The van der Waals surface area contributed by atoms with Gasteiger partial charge in [0.1, 0.15) is 0 Å². The molecule has 0 aromatic carbocycles. The second-order valence-electron chi connectivity index (χ2n) is 7.48. The molecule has 2 rings (SSSR count). The van der Waals surface area contributed by atoms with Crippen molar-refractivity contribution < 1.29 is 0 Å². The number of aryl methyl sites for hydroxylation is 1. The van der Waals surface area contributed by atoms with Gasteiger partial charge in [0.05, 0.1) is 0 Å². The summed E-state index contributed by atoms with van der Waals surface area (Å²) in [7, 11) is 1.92. The predicted octanol–water partition coefficient (Wildman–Crippen LogP) is 5.01. The number of hydrogen-bond donors (Lipinski definition) is 1. The maximum absolute atomic E-state index is 4.89. The molecule has 27 heavy (non-hydrogen) atoms. The third-order valence-electron chi connectivity index (χ3n) is 5.03. The molecular weight excluding hydrogens is 441 g/mol. The van der Waals surface area contributed by atoms with Gasteiger partial charge in [-0.3, -0.25) is 0 Å². The van der Waals surface area contributed by atoms with E-state index >= 15 is 0 Å². The van der Waals surface area contributed by atoms with E-state index in [2.05, 4.69) is 42.2 Å². The first-order chi connectivity index (χ1) is 13.1. The van der Waals surface area contributed by atoms with Crippen LogP contribution < -0.4 is 9.03 Å². The molecule has 2 aromatic heterocycles. The molecule has 5 nitrogen and oxygen atoms in total. The third kappa shape index (κ3) is 7.43. The van der Waals surface area contributed by atoms with E-state index in [1.54, 1.807) is 4.68 Å². The molecule has 2 aromatic rings. The SMILES string of the molecule is CCCC[C](CCCC)(CCCC)[Sn][c]1ccnc(Nc2ccn(C)n2)n1. The van der Waals surface area contributed by atoms with Crippen molar-refractivity contribution >= 4 is 36.6 Å². The molecule has 0 atom stereocenters. The van der Waals surface area contributed by atoms with Gasteiger partial charge in [0.2, 0.25) is 0 Å². The van der Waals surface area contributed by atoms with Crippen LogP contribution in [0.3, 0.4) is 0 Å². The fourth-order valence-electron chi connectivity index (χ4n) is 3.46. The van der Waals surface area contributed by atoms with Crippen LogP contribution in [0.25, 0.3) is 0 Å². The number of hydrogen-bond acceptors (Lipinski definition) is 4. The van der Waals surface area contributed by atoms with E-state index in [1.165, 1.54) is 61.5 Å². The van der Waals surface area contributed by atoms with E-state index in [1.807, 2.05) is 25.5 Å². The van der Waals surface area contributed by atoms with Crippen LogP contribution in [0.1, 0.15) is 78.6 Å². The average Bonchev–Trinajstić information content (AvgIpc) is 3.08.